The highest BCUT2D eigenvalue weighted by Gasteiger charge is 2.57. The van der Waals surface area contributed by atoms with Gasteiger partial charge in [0.2, 0.25) is 0 Å². The van der Waals surface area contributed by atoms with Crippen molar-refractivity contribution in [3.8, 4) is 5.75 Å². The summed E-state index contributed by atoms with van der Waals surface area (Å²) in [5, 5.41) is 9.45. The molecule has 7 heteroatoms. The summed E-state index contributed by atoms with van der Waals surface area (Å²) in [5.41, 5.74) is 0.608. The maximum absolute atomic E-state index is 13.4. The molecule has 25 heavy (non-hydrogen) atoms. The third-order valence-electron chi connectivity index (χ3n) is 5.31. The number of imidazole rings is 1. The van der Waals surface area contributed by atoms with Crippen molar-refractivity contribution in [2.24, 2.45) is 0 Å². The number of carbonyl (C=O) groups is 1. The first-order valence-electron chi connectivity index (χ1n) is 8.50. The van der Waals surface area contributed by atoms with E-state index >= 15 is 0 Å². The Labute approximate surface area is 144 Å². The average molecular weight is 348 g/mol. The van der Waals surface area contributed by atoms with Crippen LogP contribution in [0.3, 0.4) is 0 Å². The van der Waals surface area contributed by atoms with E-state index in [1.54, 1.807) is 10.5 Å². The van der Waals surface area contributed by atoms with Crippen molar-refractivity contribution in [2.75, 3.05) is 13.3 Å². The molecule has 2 atom stereocenters. The summed E-state index contributed by atoms with van der Waals surface area (Å²) in [6, 6.07) is 1.65. The van der Waals surface area contributed by atoms with Crippen LogP contribution < -0.4 is 4.74 Å². The summed E-state index contributed by atoms with van der Waals surface area (Å²) in [5.74, 6) is -0.746. The second-order valence-electron chi connectivity index (χ2n) is 7.48. The van der Waals surface area contributed by atoms with Crippen molar-refractivity contribution in [3.05, 3.63) is 29.7 Å². The Balaban J connectivity index is 1.77. The molecular formula is C18H21FN2O4. The van der Waals surface area contributed by atoms with Crippen LogP contribution in [-0.4, -0.2) is 45.4 Å². The molecule has 0 radical (unpaired) electrons. The van der Waals surface area contributed by atoms with Crippen LogP contribution in [0.1, 0.15) is 49.2 Å². The zero-order valence-electron chi connectivity index (χ0n) is 14.3. The summed E-state index contributed by atoms with van der Waals surface area (Å²) in [6.45, 7) is 3.67. The molecule has 0 spiro atoms. The van der Waals surface area contributed by atoms with Gasteiger partial charge >= 0.3 is 5.97 Å². The minimum absolute atomic E-state index is 0.0925. The second-order valence-corrected chi connectivity index (χ2v) is 7.48. The first-order valence-corrected chi connectivity index (χ1v) is 8.50. The lowest BCUT2D eigenvalue weighted by Crippen LogP contribution is -2.29. The van der Waals surface area contributed by atoms with Gasteiger partial charge in [0, 0.05) is 23.9 Å². The van der Waals surface area contributed by atoms with Crippen molar-refractivity contribution in [2.45, 2.75) is 50.2 Å². The van der Waals surface area contributed by atoms with Gasteiger partial charge in [-0.15, -0.1) is 0 Å². The van der Waals surface area contributed by atoms with Gasteiger partial charge in [-0.2, -0.15) is 0 Å². The Bertz CT molecular complexity index is 837. The number of nitrogens with zero attached hydrogens (tertiary/aromatic N) is 2. The van der Waals surface area contributed by atoms with Crippen LogP contribution in [-0.2, 0) is 10.2 Å². The van der Waals surface area contributed by atoms with Crippen LogP contribution >= 0.6 is 0 Å². The predicted molar refractivity (Wildman–Crippen MR) is 88.1 cm³/mol. The zero-order valence-corrected chi connectivity index (χ0v) is 14.3. The van der Waals surface area contributed by atoms with E-state index in [1.165, 1.54) is 6.20 Å². The number of hydrogen-bond acceptors (Lipinski definition) is 4. The van der Waals surface area contributed by atoms with Gasteiger partial charge < -0.3 is 19.0 Å². The summed E-state index contributed by atoms with van der Waals surface area (Å²) in [7, 11) is 0. The predicted octanol–water partition coefficient (Wildman–Crippen LogP) is 2.98. The first kappa shape index (κ1) is 16.3. The van der Waals surface area contributed by atoms with Gasteiger partial charge in [-0.25, -0.2) is 14.2 Å². The molecule has 1 saturated heterocycles. The molecular weight excluding hydrogens is 327 g/mol. The Kier molecular flexibility index (Phi) is 3.54. The number of aromatic carboxylic acids is 1. The van der Waals surface area contributed by atoms with Crippen molar-refractivity contribution in [1.29, 1.82) is 0 Å². The Morgan fingerprint density at radius 2 is 2.28 bits per heavy atom. The van der Waals surface area contributed by atoms with Gasteiger partial charge in [0.05, 0.1) is 24.0 Å². The van der Waals surface area contributed by atoms with E-state index in [0.29, 0.717) is 30.8 Å². The minimum atomic E-state index is -1.05. The maximum atomic E-state index is 13.4. The van der Waals surface area contributed by atoms with Crippen LogP contribution in [0.2, 0.25) is 0 Å². The molecule has 1 saturated carbocycles. The minimum Gasteiger partial charge on any atom is -0.490 e. The molecule has 2 aromatic heterocycles. The van der Waals surface area contributed by atoms with Crippen molar-refractivity contribution in [3.63, 3.8) is 0 Å². The molecule has 0 amide bonds. The lowest BCUT2D eigenvalue weighted by atomic mass is 9.84. The van der Waals surface area contributed by atoms with Crippen molar-refractivity contribution < 1.29 is 23.8 Å². The van der Waals surface area contributed by atoms with E-state index in [1.807, 2.05) is 20.0 Å². The third-order valence-corrected chi connectivity index (χ3v) is 5.31. The first-order chi connectivity index (χ1) is 11.9. The highest BCUT2D eigenvalue weighted by Crippen LogP contribution is 2.54. The largest absolute Gasteiger partial charge is 0.490 e. The molecule has 134 valence electrons. The molecule has 2 aromatic rings. The second kappa shape index (κ2) is 5.42. The topological polar surface area (TPSA) is 73.1 Å². The molecule has 0 aromatic carbocycles. The van der Waals surface area contributed by atoms with E-state index in [2.05, 4.69) is 4.98 Å². The van der Waals surface area contributed by atoms with Crippen molar-refractivity contribution in [1.82, 2.24) is 9.38 Å². The number of hydrogen-bond donors (Lipinski definition) is 1. The number of alkyl halides is 1. The zero-order chi connectivity index (χ0) is 17.8. The Hall–Kier alpha value is -2.15. The molecule has 2 unspecified atom stereocenters. The standard InChI is InChI=1S/C18H21FN2O4/c1-11(2)25-13-5-15-20-14(7-21(15)6-12(13)16(22)23)17-3-4-18(8-17,9-19)24-10-17/h5-7,11H,3-4,8-10H2,1-2H3,(H,22,23). The molecule has 2 aliphatic rings. The van der Waals surface area contributed by atoms with Gasteiger partial charge in [0.1, 0.15) is 23.6 Å². The number of fused-ring (bicyclic) bond motifs is 3. The molecule has 1 N–H and O–H groups in total. The molecule has 1 aliphatic heterocycles. The summed E-state index contributed by atoms with van der Waals surface area (Å²) in [6.07, 6.45) is 5.37. The number of rotatable bonds is 5. The number of ether oxygens (including phenoxy) is 2. The molecule has 2 fully saturated rings. The highest BCUT2D eigenvalue weighted by molar-refractivity contribution is 5.91. The monoisotopic (exact) mass is 348 g/mol. The number of halogens is 1. The van der Waals surface area contributed by atoms with Gasteiger partial charge in [0.25, 0.3) is 0 Å². The van der Waals surface area contributed by atoms with Gasteiger partial charge in [-0.05, 0) is 33.1 Å². The number of carboxylic acid groups (broad SMARTS) is 1. The number of pyridine rings is 1. The molecule has 3 heterocycles. The van der Waals surface area contributed by atoms with Gasteiger partial charge in [0.15, 0.2) is 0 Å². The van der Waals surface area contributed by atoms with Gasteiger partial charge in [-0.3, -0.25) is 0 Å². The number of carboxylic acids is 1. The van der Waals surface area contributed by atoms with E-state index in [9.17, 15) is 14.3 Å². The quantitative estimate of drug-likeness (QED) is 0.899. The van der Waals surface area contributed by atoms with Crippen LogP contribution in [0.4, 0.5) is 4.39 Å². The SMILES string of the molecule is CC(C)Oc1cc2nc(C34CCC(CF)(C3)OC4)cn2cc1C(=O)O. The van der Waals surface area contributed by atoms with Gasteiger partial charge in [-0.1, -0.05) is 0 Å². The lowest BCUT2D eigenvalue weighted by Gasteiger charge is -2.25. The fraction of sp³-hybridized carbons (Fsp3) is 0.556. The molecule has 2 bridgehead atoms. The van der Waals surface area contributed by atoms with Crippen molar-refractivity contribution >= 4 is 11.6 Å². The van der Waals surface area contributed by atoms with E-state index in [0.717, 1.165) is 12.1 Å². The molecule has 6 nitrogen and oxygen atoms in total. The summed E-state index contributed by atoms with van der Waals surface area (Å²) in [4.78, 5) is 16.2. The summed E-state index contributed by atoms with van der Waals surface area (Å²) < 4.78 is 26.4. The molecule has 4 rings (SSSR count). The lowest BCUT2D eigenvalue weighted by molar-refractivity contribution is -0.0356. The van der Waals surface area contributed by atoms with Crippen LogP contribution in [0.15, 0.2) is 18.5 Å². The van der Waals surface area contributed by atoms with E-state index in [-0.39, 0.29) is 17.1 Å². The summed E-state index contributed by atoms with van der Waals surface area (Å²) >= 11 is 0. The van der Waals surface area contributed by atoms with E-state index in [4.69, 9.17) is 9.47 Å². The van der Waals surface area contributed by atoms with Crippen LogP contribution in [0.5, 0.6) is 5.75 Å². The van der Waals surface area contributed by atoms with E-state index < -0.39 is 18.2 Å². The molecule has 1 aliphatic carbocycles. The van der Waals surface area contributed by atoms with Crippen LogP contribution in [0.25, 0.3) is 5.65 Å². The Morgan fingerprint density at radius 1 is 1.48 bits per heavy atom. The third kappa shape index (κ3) is 2.49. The fourth-order valence-electron chi connectivity index (χ4n) is 4.03. The highest BCUT2D eigenvalue weighted by atomic mass is 19.1. The Morgan fingerprint density at radius 3 is 2.84 bits per heavy atom. The fourth-order valence-corrected chi connectivity index (χ4v) is 4.03. The normalized spacial score (nSPS) is 28.2. The average Bonchev–Trinajstić information content (AvgIpc) is 3.25. The smallest absolute Gasteiger partial charge is 0.341 e. The maximum Gasteiger partial charge on any atom is 0.341 e. The number of aromatic nitrogens is 2. The van der Waals surface area contributed by atoms with Crippen LogP contribution in [0, 0.1) is 0 Å².